The molecule has 1 spiro atoms. The van der Waals surface area contributed by atoms with Crippen molar-refractivity contribution >= 4 is 23.7 Å². The standard InChI is InChI=1S/C39H43N3O11S/c1-16-9-20-10-22-37(46)42-23-13-50-38(47)39(21-12-25(48-5)24(44)11-19(21)7-8-40-39)14-54-36(30(42)29(41(22)4)26(20)31(45)32(16)49-6)28-27(23)35-34(51-15-52-35)17(2)33(28)53-18(3)43/h9,11-12,22-23,29-30,36-37,40,44-46H,7-8,10,13-15H2,1-6H3/t22-,23+,29-,30+,36+,37+,39-/m1/s1. The number of hydrogen-bond acceptors (Lipinski definition) is 15. The predicted molar refractivity (Wildman–Crippen MR) is 195 cm³/mol. The van der Waals surface area contributed by atoms with Crippen LogP contribution in [0.25, 0.3) is 0 Å². The Balaban J connectivity index is 1.32. The summed E-state index contributed by atoms with van der Waals surface area (Å²) in [5, 5.41) is 38.2. The largest absolute Gasteiger partial charge is 0.504 e. The number of fused-ring (bicyclic) bond motifs is 9. The lowest BCUT2D eigenvalue weighted by molar-refractivity contribution is -0.186. The van der Waals surface area contributed by atoms with Crippen LogP contribution in [-0.4, -0.2) is 102 Å². The zero-order valence-electron chi connectivity index (χ0n) is 30.8. The van der Waals surface area contributed by atoms with Crippen LogP contribution in [0.2, 0.25) is 0 Å². The van der Waals surface area contributed by atoms with Gasteiger partial charge in [-0.15, -0.1) is 11.8 Å². The van der Waals surface area contributed by atoms with Crippen LogP contribution in [0.5, 0.6) is 40.2 Å². The summed E-state index contributed by atoms with van der Waals surface area (Å²) in [6.07, 6.45) is -0.0282. The third-order valence-electron chi connectivity index (χ3n) is 12.3. The number of carbonyl (C=O) groups is 2. The van der Waals surface area contributed by atoms with Crippen molar-refractivity contribution in [2.75, 3.05) is 47.0 Å². The van der Waals surface area contributed by atoms with Crippen LogP contribution in [0.4, 0.5) is 0 Å². The van der Waals surface area contributed by atoms with Crippen molar-refractivity contribution in [1.82, 2.24) is 15.1 Å². The van der Waals surface area contributed by atoms with Gasteiger partial charge in [0, 0.05) is 47.5 Å². The fraction of sp³-hybridized carbons (Fsp3) is 0.487. The SMILES string of the molecule is COc1cc2c(cc1O)CCN[C@]21CS[C@H]2c3c(OC(C)=O)c(C)c4c(c3[C@H](COC1=O)N1[C@H]2[C@H]2c3c(cc(C)c(OC)c3O)C[C@H]([C@@H]1O)N2C)OCO4. The number of methoxy groups -OCH3 is 2. The molecule has 14 nitrogen and oxygen atoms in total. The molecular weight excluding hydrogens is 719 g/mol. The third kappa shape index (κ3) is 4.74. The number of rotatable bonds is 3. The van der Waals surface area contributed by atoms with Crippen LogP contribution < -0.4 is 29.0 Å². The van der Waals surface area contributed by atoms with Gasteiger partial charge in [-0.3, -0.25) is 19.9 Å². The number of aliphatic hydroxyl groups is 1. The number of nitrogens with zero attached hydrogens (tertiary/aromatic N) is 2. The lowest BCUT2D eigenvalue weighted by atomic mass is 9.73. The van der Waals surface area contributed by atoms with Gasteiger partial charge in [-0.2, -0.15) is 0 Å². The van der Waals surface area contributed by atoms with E-state index >= 15 is 0 Å². The first kappa shape index (κ1) is 35.3. The van der Waals surface area contributed by atoms with Gasteiger partial charge in [0.25, 0.3) is 0 Å². The van der Waals surface area contributed by atoms with Gasteiger partial charge in [0.2, 0.25) is 6.79 Å². The smallest absolute Gasteiger partial charge is 0.331 e. The Bertz CT molecular complexity index is 2130. The highest BCUT2D eigenvalue weighted by molar-refractivity contribution is 7.99. The minimum absolute atomic E-state index is 0.0226. The molecule has 4 bridgehead atoms. The van der Waals surface area contributed by atoms with E-state index in [1.54, 1.807) is 12.1 Å². The number of phenolic OH excluding ortho intramolecular Hbond substituents is 2. The molecule has 7 heterocycles. The summed E-state index contributed by atoms with van der Waals surface area (Å²) in [6.45, 7) is 5.26. The molecule has 2 fully saturated rings. The third-order valence-corrected chi connectivity index (χ3v) is 13.7. The highest BCUT2D eigenvalue weighted by Gasteiger charge is 2.61. The summed E-state index contributed by atoms with van der Waals surface area (Å²) in [6, 6.07) is 3.13. The molecular formula is C39H43N3O11S. The Morgan fingerprint density at radius 3 is 2.54 bits per heavy atom. The molecule has 0 aliphatic carbocycles. The van der Waals surface area contributed by atoms with Gasteiger partial charge in [-0.05, 0) is 68.1 Å². The van der Waals surface area contributed by atoms with Crippen molar-refractivity contribution in [2.24, 2.45) is 0 Å². The van der Waals surface area contributed by atoms with Crippen molar-refractivity contribution in [1.29, 1.82) is 0 Å². The molecule has 7 aliphatic heterocycles. The van der Waals surface area contributed by atoms with Crippen molar-refractivity contribution in [2.45, 2.75) is 74.8 Å². The van der Waals surface area contributed by atoms with Gasteiger partial charge >= 0.3 is 11.9 Å². The number of hydrogen-bond donors (Lipinski definition) is 4. The van der Waals surface area contributed by atoms with Gasteiger partial charge in [0.1, 0.15) is 18.6 Å². The summed E-state index contributed by atoms with van der Waals surface area (Å²) in [7, 11) is 4.96. The summed E-state index contributed by atoms with van der Waals surface area (Å²) < 4.78 is 35.9. The minimum Gasteiger partial charge on any atom is -0.504 e. The number of ether oxygens (including phenoxy) is 6. The predicted octanol–water partition coefficient (Wildman–Crippen LogP) is 3.41. The fourth-order valence-electron chi connectivity index (χ4n) is 10.00. The van der Waals surface area contributed by atoms with Crippen LogP contribution in [0.3, 0.4) is 0 Å². The molecule has 7 aliphatic rings. The maximum atomic E-state index is 14.7. The van der Waals surface area contributed by atoms with Gasteiger partial charge in [-0.1, -0.05) is 6.07 Å². The number of piperazine rings is 1. The number of likely N-dealkylation sites (N-methyl/N-ethyl adjacent to an activating group) is 1. The lowest BCUT2D eigenvalue weighted by Gasteiger charge is -2.62. The van der Waals surface area contributed by atoms with Crippen molar-refractivity contribution in [3.63, 3.8) is 0 Å². The maximum absolute atomic E-state index is 14.7. The highest BCUT2D eigenvalue weighted by Crippen LogP contribution is 2.64. The Labute approximate surface area is 316 Å². The second kappa shape index (κ2) is 12.6. The Morgan fingerprint density at radius 1 is 1.02 bits per heavy atom. The van der Waals surface area contributed by atoms with E-state index in [0.717, 1.165) is 16.7 Å². The number of esters is 2. The van der Waals surface area contributed by atoms with E-state index in [1.165, 1.54) is 32.9 Å². The van der Waals surface area contributed by atoms with Gasteiger partial charge in [0.15, 0.2) is 40.0 Å². The van der Waals surface area contributed by atoms with E-state index in [4.69, 9.17) is 28.4 Å². The highest BCUT2D eigenvalue weighted by atomic mass is 32.2. The van der Waals surface area contributed by atoms with Crippen LogP contribution in [0.1, 0.15) is 68.8 Å². The zero-order valence-corrected chi connectivity index (χ0v) is 31.7. The summed E-state index contributed by atoms with van der Waals surface area (Å²) >= 11 is 1.47. The molecule has 286 valence electrons. The van der Waals surface area contributed by atoms with E-state index in [9.17, 15) is 24.9 Å². The Kier molecular flexibility index (Phi) is 8.21. The van der Waals surface area contributed by atoms with E-state index in [2.05, 4.69) is 10.2 Å². The molecule has 54 heavy (non-hydrogen) atoms. The number of phenols is 2. The van der Waals surface area contributed by atoms with Crippen molar-refractivity contribution in [3.8, 4) is 40.2 Å². The molecule has 0 amide bonds. The van der Waals surface area contributed by atoms with Crippen LogP contribution in [-0.2, 0) is 32.7 Å². The number of aromatic hydroxyl groups is 2. The first-order valence-corrected chi connectivity index (χ1v) is 19.1. The number of aryl methyl sites for hydroxylation is 1. The number of aliphatic hydroxyl groups excluding tert-OH is 1. The molecule has 10 rings (SSSR count). The molecule has 3 aromatic rings. The summed E-state index contributed by atoms with van der Waals surface area (Å²) in [5.74, 6) is 0.949. The lowest BCUT2D eigenvalue weighted by Crippen LogP contribution is -2.70. The molecule has 0 unspecified atom stereocenters. The van der Waals surface area contributed by atoms with Gasteiger partial charge in [0.05, 0.1) is 37.6 Å². The Hall–Kier alpha value is -4.41. The van der Waals surface area contributed by atoms with E-state index < -0.39 is 47.1 Å². The van der Waals surface area contributed by atoms with Gasteiger partial charge < -0.3 is 43.7 Å². The molecule has 3 aromatic carbocycles. The van der Waals surface area contributed by atoms with Crippen LogP contribution in [0.15, 0.2) is 18.2 Å². The molecule has 0 saturated carbocycles. The van der Waals surface area contributed by atoms with Crippen molar-refractivity contribution < 1.29 is 53.3 Å². The monoisotopic (exact) mass is 761 g/mol. The number of thioether (sulfide) groups is 1. The molecule has 2 saturated heterocycles. The number of benzene rings is 3. The molecule has 15 heteroatoms. The number of carbonyl (C=O) groups excluding carboxylic acids is 2. The zero-order chi connectivity index (χ0) is 38.0. The quantitative estimate of drug-likeness (QED) is 0.226. The van der Waals surface area contributed by atoms with Gasteiger partial charge in [-0.25, -0.2) is 4.79 Å². The van der Waals surface area contributed by atoms with Crippen molar-refractivity contribution in [3.05, 3.63) is 62.7 Å². The van der Waals surface area contributed by atoms with E-state index in [-0.39, 0.29) is 42.4 Å². The second-order valence-electron chi connectivity index (χ2n) is 14.9. The Morgan fingerprint density at radius 2 is 1.80 bits per heavy atom. The summed E-state index contributed by atoms with van der Waals surface area (Å²) in [4.78, 5) is 31.7. The molecule has 7 atom stereocenters. The topological polar surface area (TPSA) is 169 Å². The first-order chi connectivity index (χ1) is 25.9. The average Bonchev–Trinajstić information content (AvgIpc) is 3.63. The first-order valence-electron chi connectivity index (χ1n) is 18.1. The normalized spacial score (nSPS) is 29.4. The summed E-state index contributed by atoms with van der Waals surface area (Å²) in [5.41, 5.74) is 4.36. The average molecular weight is 762 g/mol. The maximum Gasteiger partial charge on any atom is 0.331 e. The van der Waals surface area contributed by atoms with E-state index in [1.807, 2.05) is 31.9 Å². The minimum atomic E-state index is -1.36. The molecule has 0 radical (unpaired) electrons. The number of nitrogens with one attached hydrogen (secondary N) is 1. The van der Waals surface area contributed by atoms with Crippen LogP contribution in [0, 0.1) is 13.8 Å². The second-order valence-corrected chi connectivity index (χ2v) is 16.1. The molecule has 0 aromatic heterocycles. The fourth-order valence-corrected chi connectivity index (χ4v) is 11.7. The van der Waals surface area contributed by atoms with Crippen LogP contribution >= 0.6 is 11.8 Å². The molecule has 4 N–H and O–H groups in total. The van der Waals surface area contributed by atoms with E-state index in [0.29, 0.717) is 70.2 Å².